The van der Waals surface area contributed by atoms with Gasteiger partial charge in [-0.25, -0.2) is 4.57 Å². The summed E-state index contributed by atoms with van der Waals surface area (Å²) in [6.07, 6.45) is 0.227. The van der Waals surface area contributed by atoms with Crippen molar-refractivity contribution in [2.45, 2.75) is 45.1 Å². The molecule has 0 heterocycles. The van der Waals surface area contributed by atoms with Gasteiger partial charge in [0.25, 0.3) is 0 Å². The molecule has 22 heavy (non-hydrogen) atoms. The lowest BCUT2D eigenvalue weighted by Gasteiger charge is -2.22. The number of ether oxygens (including phenoxy) is 1. The van der Waals surface area contributed by atoms with Crippen LogP contribution in [0.4, 0.5) is 0 Å². The van der Waals surface area contributed by atoms with Crippen LogP contribution in [0.5, 0.6) is 0 Å². The van der Waals surface area contributed by atoms with Gasteiger partial charge in [-0.05, 0) is 26.8 Å². The van der Waals surface area contributed by atoms with Crippen molar-refractivity contribution >= 4 is 7.82 Å². The first kappa shape index (κ1) is 21.9. The SMILES string of the molecule is CC(CO)NC(CCO)OCCCNCC(C)OP(=O)(O)O. The van der Waals surface area contributed by atoms with E-state index in [9.17, 15) is 4.57 Å². The van der Waals surface area contributed by atoms with Gasteiger partial charge in [0, 0.05) is 32.2 Å². The Morgan fingerprint density at radius 1 is 1.23 bits per heavy atom. The Morgan fingerprint density at radius 3 is 2.45 bits per heavy atom. The maximum Gasteiger partial charge on any atom is 0.469 e. The Morgan fingerprint density at radius 2 is 1.91 bits per heavy atom. The molecule has 3 unspecified atom stereocenters. The highest BCUT2D eigenvalue weighted by atomic mass is 31.2. The van der Waals surface area contributed by atoms with Gasteiger partial charge in [0.05, 0.1) is 12.7 Å². The van der Waals surface area contributed by atoms with Gasteiger partial charge < -0.3 is 30.1 Å². The van der Waals surface area contributed by atoms with Crippen LogP contribution in [-0.2, 0) is 13.8 Å². The number of nitrogens with one attached hydrogen (secondary N) is 2. The van der Waals surface area contributed by atoms with Gasteiger partial charge in [0.15, 0.2) is 0 Å². The van der Waals surface area contributed by atoms with Crippen LogP contribution in [0, 0.1) is 0 Å². The lowest BCUT2D eigenvalue weighted by molar-refractivity contribution is 0.00145. The molecule has 9 nitrogen and oxygen atoms in total. The van der Waals surface area contributed by atoms with E-state index >= 15 is 0 Å². The van der Waals surface area contributed by atoms with Crippen molar-refractivity contribution in [2.24, 2.45) is 0 Å². The third-order valence-electron chi connectivity index (χ3n) is 2.70. The van der Waals surface area contributed by atoms with E-state index < -0.39 is 13.9 Å². The number of hydrogen-bond donors (Lipinski definition) is 6. The number of aliphatic hydroxyl groups is 2. The van der Waals surface area contributed by atoms with Crippen LogP contribution < -0.4 is 10.6 Å². The summed E-state index contributed by atoms with van der Waals surface area (Å²) in [4.78, 5) is 17.3. The zero-order valence-electron chi connectivity index (χ0n) is 13.1. The van der Waals surface area contributed by atoms with E-state index in [0.29, 0.717) is 32.5 Å². The molecule has 3 atom stereocenters. The number of rotatable bonds is 14. The van der Waals surface area contributed by atoms with E-state index in [1.54, 1.807) is 6.92 Å². The number of phosphoric ester groups is 1. The second-order valence-corrected chi connectivity index (χ2v) is 6.28. The molecular formula is C12H29N2O7P. The zero-order valence-corrected chi connectivity index (χ0v) is 14.0. The molecule has 0 aromatic heterocycles. The van der Waals surface area contributed by atoms with Gasteiger partial charge in [-0.2, -0.15) is 0 Å². The van der Waals surface area contributed by atoms with Gasteiger partial charge in [-0.1, -0.05) is 0 Å². The molecule has 10 heteroatoms. The quantitative estimate of drug-likeness (QED) is 0.135. The van der Waals surface area contributed by atoms with E-state index in [1.807, 2.05) is 6.92 Å². The van der Waals surface area contributed by atoms with Crippen LogP contribution >= 0.6 is 7.82 Å². The Hall–Kier alpha value is -0.0900. The van der Waals surface area contributed by atoms with Crippen molar-refractivity contribution in [1.82, 2.24) is 10.6 Å². The summed E-state index contributed by atoms with van der Waals surface area (Å²) in [6.45, 7) is 4.76. The minimum atomic E-state index is -4.44. The van der Waals surface area contributed by atoms with Crippen molar-refractivity contribution in [3.8, 4) is 0 Å². The van der Waals surface area contributed by atoms with E-state index in [1.165, 1.54) is 0 Å². The van der Waals surface area contributed by atoms with E-state index in [0.717, 1.165) is 0 Å². The van der Waals surface area contributed by atoms with Gasteiger partial charge >= 0.3 is 7.82 Å². The third kappa shape index (κ3) is 13.6. The first-order chi connectivity index (χ1) is 10.3. The average molecular weight is 344 g/mol. The maximum atomic E-state index is 10.6. The molecule has 0 aliphatic carbocycles. The predicted octanol–water partition coefficient (Wildman–Crippen LogP) is -0.841. The summed E-state index contributed by atoms with van der Waals surface area (Å²) in [5.74, 6) is 0. The molecule has 0 bridgehead atoms. The lowest BCUT2D eigenvalue weighted by Crippen LogP contribution is -2.41. The summed E-state index contributed by atoms with van der Waals surface area (Å²) in [7, 11) is -4.44. The Bertz CT molecular complexity index is 316. The molecule has 0 spiro atoms. The first-order valence-electron chi connectivity index (χ1n) is 7.32. The summed E-state index contributed by atoms with van der Waals surface area (Å²) >= 11 is 0. The lowest BCUT2D eigenvalue weighted by atomic mass is 10.3. The maximum absolute atomic E-state index is 10.6. The number of aliphatic hydroxyl groups excluding tert-OH is 2. The van der Waals surface area contributed by atoms with Crippen LogP contribution in [0.1, 0.15) is 26.7 Å². The van der Waals surface area contributed by atoms with Crippen molar-refractivity contribution in [3.63, 3.8) is 0 Å². The van der Waals surface area contributed by atoms with Crippen LogP contribution in [0.2, 0.25) is 0 Å². The van der Waals surface area contributed by atoms with Gasteiger partial charge in [0.1, 0.15) is 6.23 Å². The molecule has 0 aromatic carbocycles. The smallest absolute Gasteiger partial charge is 0.396 e. The third-order valence-corrected chi connectivity index (χ3v) is 3.34. The minimum absolute atomic E-state index is 0.00864. The molecule has 6 N–H and O–H groups in total. The molecule has 0 amide bonds. The summed E-state index contributed by atoms with van der Waals surface area (Å²) in [6, 6.07) is -0.111. The van der Waals surface area contributed by atoms with E-state index in [-0.39, 0.29) is 25.5 Å². The topological polar surface area (TPSA) is 141 Å². The number of hydrogen-bond acceptors (Lipinski definition) is 7. The summed E-state index contributed by atoms with van der Waals surface area (Å²) in [5.41, 5.74) is 0. The molecule has 134 valence electrons. The van der Waals surface area contributed by atoms with Crippen molar-refractivity contribution in [1.29, 1.82) is 0 Å². The molecule has 0 rings (SSSR count). The molecule has 0 aliphatic rings. The van der Waals surface area contributed by atoms with Crippen LogP contribution in [-0.4, -0.2) is 71.3 Å². The Balaban J connectivity index is 3.70. The van der Waals surface area contributed by atoms with E-state index in [2.05, 4.69) is 15.2 Å². The van der Waals surface area contributed by atoms with Gasteiger partial charge in [-0.3, -0.25) is 9.84 Å². The molecule has 0 fully saturated rings. The summed E-state index contributed by atoms with van der Waals surface area (Å²) in [5, 5.41) is 24.0. The zero-order chi connectivity index (χ0) is 17.0. The largest absolute Gasteiger partial charge is 0.469 e. The normalized spacial score (nSPS) is 16.5. The second-order valence-electron chi connectivity index (χ2n) is 5.09. The molecular weight excluding hydrogens is 315 g/mol. The van der Waals surface area contributed by atoms with Crippen molar-refractivity contribution < 1.29 is 33.8 Å². The summed E-state index contributed by atoms with van der Waals surface area (Å²) < 4.78 is 20.7. The van der Waals surface area contributed by atoms with Crippen LogP contribution in [0.15, 0.2) is 0 Å². The first-order valence-corrected chi connectivity index (χ1v) is 8.85. The molecule has 0 aromatic rings. The fourth-order valence-corrected chi connectivity index (χ4v) is 2.25. The molecule has 0 saturated heterocycles. The standard InChI is InChI=1S/C12H29N2O7P/c1-10(9-16)14-12(4-6-15)20-7-3-5-13-8-11(2)21-22(17,18)19/h10-16H,3-9H2,1-2H3,(H2,17,18,19). The second kappa shape index (κ2) is 12.3. The molecule has 0 aliphatic heterocycles. The molecule has 0 saturated carbocycles. The fraction of sp³-hybridized carbons (Fsp3) is 1.00. The highest BCUT2D eigenvalue weighted by Crippen LogP contribution is 2.37. The van der Waals surface area contributed by atoms with Crippen LogP contribution in [0.25, 0.3) is 0 Å². The fourth-order valence-electron chi connectivity index (χ4n) is 1.70. The highest BCUT2D eigenvalue weighted by Gasteiger charge is 2.18. The molecule has 0 radical (unpaired) electrons. The van der Waals surface area contributed by atoms with Crippen molar-refractivity contribution in [2.75, 3.05) is 32.9 Å². The Labute approximate surface area is 131 Å². The van der Waals surface area contributed by atoms with E-state index in [4.69, 9.17) is 24.7 Å². The number of phosphoric acid groups is 1. The monoisotopic (exact) mass is 344 g/mol. The predicted molar refractivity (Wildman–Crippen MR) is 81.2 cm³/mol. The van der Waals surface area contributed by atoms with Gasteiger partial charge in [0.2, 0.25) is 0 Å². The van der Waals surface area contributed by atoms with Gasteiger partial charge in [-0.15, -0.1) is 0 Å². The highest BCUT2D eigenvalue weighted by molar-refractivity contribution is 7.46. The van der Waals surface area contributed by atoms with Crippen molar-refractivity contribution in [3.05, 3.63) is 0 Å². The Kier molecular flexibility index (Phi) is 12.3. The van der Waals surface area contributed by atoms with Crippen LogP contribution in [0.3, 0.4) is 0 Å². The minimum Gasteiger partial charge on any atom is -0.396 e. The average Bonchev–Trinajstić information content (AvgIpc) is 2.40.